The van der Waals surface area contributed by atoms with E-state index in [1.165, 1.54) is 0 Å². The molecule has 0 bridgehead atoms. The molecular formula is C12H19N3O. The second-order valence-corrected chi connectivity index (χ2v) is 4.02. The molecule has 1 N–H and O–H groups in total. The molecule has 0 aliphatic carbocycles. The van der Waals surface area contributed by atoms with Gasteiger partial charge in [-0.3, -0.25) is 4.79 Å². The van der Waals surface area contributed by atoms with Crippen molar-refractivity contribution in [3.8, 4) is 0 Å². The van der Waals surface area contributed by atoms with E-state index in [0.29, 0.717) is 11.6 Å². The highest BCUT2D eigenvalue weighted by Gasteiger charge is 2.12. The lowest BCUT2D eigenvalue weighted by atomic mass is 10.0. The summed E-state index contributed by atoms with van der Waals surface area (Å²) >= 11 is 0. The van der Waals surface area contributed by atoms with E-state index in [4.69, 9.17) is 0 Å². The van der Waals surface area contributed by atoms with E-state index in [1.54, 1.807) is 19.2 Å². The molecule has 0 saturated heterocycles. The summed E-state index contributed by atoms with van der Waals surface area (Å²) in [6.07, 6.45) is 4.77. The Hall–Kier alpha value is -1.45. The number of hydrogen-bond donors (Lipinski definition) is 1. The summed E-state index contributed by atoms with van der Waals surface area (Å²) in [5, 5.41) is 2.80. The molecule has 0 aliphatic heterocycles. The monoisotopic (exact) mass is 221 g/mol. The van der Waals surface area contributed by atoms with Crippen molar-refractivity contribution in [1.29, 1.82) is 0 Å². The van der Waals surface area contributed by atoms with E-state index >= 15 is 0 Å². The number of anilines is 1. The van der Waals surface area contributed by atoms with Crippen molar-refractivity contribution in [3.05, 3.63) is 18.1 Å². The van der Waals surface area contributed by atoms with Crippen LogP contribution >= 0.6 is 0 Å². The van der Waals surface area contributed by atoms with Crippen LogP contribution in [0.25, 0.3) is 0 Å². The number of aryl methyl sites for hydroxylation is 1. The van der Waals surface area contributed by atoms with Gasteiger partial charge in [-0.25, -0.2) is 9.97 Å². The van der Waals surface area contributed by atoms with Gasteiger partial charge in [-0.15, -0.1) is 0 Å². The molecule has 88 valence electrons. The maximum absolute atomic E-state index is 11.8. The topological polar surface area (TPSA) is 54.9 Å². The average Bonchev–Trinajstić information content (AvgIpc) is 2.25. The second-order valence-electron chi connectivity index (χ2n) is 4.02. The highest BCUT2D eigenvalue weighted by atomic mass is 16.1. The quantitative estimate of drug-likeness (QED) is 0.831. The molecule has 1 rings (SSSR count). The van der Waals surface area contributed by atoms with Crippen LogP contribution in [0.4, 0.5) is 5.82 Å². The van der Waals surface area contributed by atoms with E-state index in [0.717, 1.165) is 19.3 Å². The molecule has 1 aromatic heterocycles. The summed E-state index contributed by atoms with van der Waals surface area (Å²) in [5.74, 6) is 1.32. The molecule has 0 radical (unpaired) electrons. The Balaban J connectivity index is 2.50. The standard InChI is InChI=1S/C12H19N3O/c1-4-5-6-9(2)12(16)15-11-7-8-13-10(3)14-11/h7-9H,4-6H2,1-3H3,(H,13,14,15,16)/t9-/m0/s1. The number of rotatable bonds is 5. The zero-order valence-corrected chi connectivity index (χ0v) is 10.2. The normalized spacial score (nSPS) is 12.2. The van der Waals surface area contributed by atoms with Crippen molar-refractivity contribution in [3.63, 3.8) is 0 Å². The van der Waals surface area contributed by atoms with Gasteiger partial charge < -0.3 is 5.32 Å². The largest absolute Gasteiger partial charge is 0.310 e. The molecule has 0 spiro atoms. The van der Waals surface area contributed by atoms with E-state index in [1.807, 2.05) is 6.92 Å². The SMILES string of the molecule is CCCC[C@H](C)C(=O)Nc1ccnc(C)n1. The molecule has 0 saturated carbocycles. The Morgan fingerprint density at radius 1 is 1.56 bits per heavy atom. The minimum Gasteiger partial charge on any atom is -0.310 e. The minimum absolute atomic E-state index is 0.0338. The molecule has 0 unspecified atom stereocenters. The van der Waals surface area contributed by atoms with E-state index in [2.05, 4.69) is 22.2 Å². The zero-order chi connectivity index (χ0) is 12.0. The van der Waals surface area contributed by atoms with E-state index < -0.39 is 0 Å². The van der Waals surface area contributed by atoms with E-state index in [9.17, 15) is 4.79 Å². The Bertz CT molecular complexity index is 352. The molecule has 1 amide bonds. The number of nitrogens with one attached hydrogen (secondary N) is 1. The molecule has 16 heavy (non-hydrogen) atoms. The number of aromatic nitrogens is 2. The number of unbranched alkanes of at least 4 members (excludes halogenated alkanes) is 1. The van der Waals surface area contributed by atoms with Gasteiger partial charge in [0.15, 0.2) is 0 Å². The first-order valence-electron chi connectivity index (χ1n) is 5.74. The van der Waals surface area contributed by atoms with Crippen LogP contribution in [0.2, 0.25) is 0 Å². The van der Waals surface area contributed by atoms with Gasteiger partial charge in [-0.1, -0.05) is 26.7 Å². The Morgan fingerprint density at radius 3 is 2.94 bits per heavy atom. The molecule has 4 nitrogen and oxygen atoms in total. The van der Waals surface area contributed by atoms with Crippen LogP contribution in [0, 0.1) is 12.8 Å². The fourth-order valence-corrected chi connectivity index (χ4v) is 1.42. The van der Waals surface area contributed by atoms with Crippen LogP contribution in [0.5, 0.6) is 0 Å². The highest BCUT2D eigenvalue weighted by Crippen LogP contribution is 2.10. The molecule has 1 atom stereocenters. The van der Waals surface area contributed by atoms with Crippen molar-refractivity contribution in [1.82, 2.24) is 9.97 Å². The number of hydrogen-bond acceptors (Lipinski definition) is 3. The molecular weight excluding hydrogens is 202 g/mol. The van der Waals surface area contributed by atoms with Gasteiger partial charge in [0.2, 0.25) is 5.91 Å². The first-order valence-corrected chi connectivity index (χ1v) is 5.74. The molecule has 1 heterocycles. The first kappa shape index (κ1) is 12.6. The second kappa shape index (κ2) is 6.20. The number of carbonyl (C=O) groups excluding carboxylic acids is 1. The number of amides is 1. The summed E-state index contributed by atoms with van der Waals surface area (Å²) in [6, 6.07) is 1.71. The van der Waals surface area contributed by atoms with Crippen molar-refractivity contribution in [2.75, 3.05) is 5.32 Å². The van der Waals surface area contributed by atoms with Crippen LogP contribution in [-0.2, 0) is 4.79 Å². The van der Waals surface area contributed by atoms with Gasteiger partial charge in [-0.05, 0) is 19.4 Å². The van der Waals surface area contributed by atoms with Crippen LogP contribution in [0.3, 0.4) is 0 Å². The van der Waals surface area contributed by atoms with Crippen molar-refractivity contribution >= 4 is 11.7 Å². The summed E-state index contributed by atoms with van der Waals surface area (Å²) < 4.78 is 0. The molecule has 1 aromatic rings. The Morgan fingerprint density at radius 2 is 2.31 bits per heavy atom. The van der Waals surface area contributed by atoms with Crippen molar-refractivity contribution in [2.24, 2.45) is 5.92 Å². The smallest absolute Gasteiger partial charge is 0.228 e. The lowest BCUT2D eigenvalue weighted by Crippen LogP contribution is -2.21. The highest BCUT2D eigenvalue weighted by molar-refractivity contribution is 5.91. The third kappa shape index (κ3) is 3.96. The van der Waals surface area contributed by atoms with Gasteiger partial charge in [-0.2, -0.15) is 0 Å². The Labute approximate surface area is 96.5 Å². The third-order valence-corrected chi connectivity index (χ3v) is 2.47. The fourth-order valence-electron chi connectivity index (χ4n) is 1.42. The summed E-state index contributed by atoms with van der Waals surface area (Å²) in [4.78, 5) is 19.9. The lowest BCUT2D eigenvalue weighted by Gasteiger charge is -2.10. The fraction of sp³-hybridized carbons (Fsp3) is 0.583. The van der Waals surface area contributed by atoms with Crippen molar-refractivity contribution < 1.29 is 4.79 Å². The van der Waals surface area contributed by atoms with Gasteiger partial charge in [0.05, 0.1) is 0 Å². The van der Waals surface area contributed by atoms with Gasteiger partial charge in [0.1, 0.15) is 11.6 Å². The number of carbonyl (C=O) groups is 1. The maximum atomic E-state index is 11.8. The predicted octanol–water partition coefficient (Wildman–Crippen LogP) is 2.55. The minimum atomic E-state index is 0.0338. The first-order chi connectivity index (χ1) is 7.63. The maximum Gasteiger partial charge on any atom is 0.228 e. The predicted molar refractivity (Wildman–Crippen MR) is 64.1 cm³/mol. The van der Waals surface area contributed by atoms with Crippen LogP contribution in [0.1, 0.15) is 38.9 Å². The van der Waals surface area contributed by atoms with Gasteiger partial charge >= 0.3 is 0 Å². The lowest BCUT2D eigenvalue weighted by molar-refractivity contribution is -0.119. The molecule has 0 fully saturated rings. The van der Waals surface area contributed by atoms with Crippen molar-refractivity contribution in [2.45, 2.75) is 40.0 Å². The summed E-state index contributed by atoms with van der Waals surface area (Å²) in [6.45, 7) is 5.87. The Kier molecular flexibility index (Phi) is 4.89. The van der Waals surface area contributed by atoms with E-state index in [-0.39, 0.29) is 11.8 Å². The van der Waals surface area contributed by atoms with Crippen LogP contribution < -0.4 is 5.32 Å². The van der Waals surface area contributed by atoms with Gasteiger partial charge in [0.25, 0.3) is 0 Å². The number of nitrogens with zero attached hydrogens (tertiary/aromatic N) is 2. The molecule has 0 aliphatic rings. The van der Waals surface area contributed by atoms with Gasteiger partial charge in [0, 0.05) is 12.1 Å². The molecule has 0 aromatic carbocycles. The van der Waals surface area contributed by atoms with Crippen LogP contribution in [0.15, 0.2) is 12.3 Å². The zero-order valence-electron chi connectivity index (χ0n) is 10.2. The van der Waals surface area contributed by atoms with Crippen LogP contribution in [-0.4, -0.2) is 15.9 Å². The summed E-state index contributed by atoms with van der Waals surface area (Å²) in [7, 11) is 0. The summed E-state index contributed by atoms with van der Waals surface area (Å²) in [5.41, 5.74) is 0. The third-order valence-electron chi connectivity index (χ3n) is 2.47. The molecule has 4 heteroatoms. The average molecular weight is 221 g/mol.